The Balaban J connectivity index is 2.00. The largest absolute Gasteiger partial charge is 0.345 e. The van der Waals surface area contributed by atoms with Crippen LogP contribution in [0.15, 0.2) is 10.6 Å². The molecular weight excluding hydrogens is 236 g/mol. The molecule has 2 atom stereocenters. The van der Waals surface area contributed by atoms with Gasteiger partial charge in [-0.2, -0.15) is 0 Å². The van der Waals surface area contributed by atoms with Gasteiger partial charge in [0.05, 0.1) is 16.5 Å². The number of fused-ring (bicyclic) bond motifs is 2. The fourth-order valence-corrected chi connectivity index (χ4v) is 4.18. The van der Waals surface area contributed by atoms with Crippen LogP contribution in [0, 0.1) is 5.92 Å². The minimum Gasteiger partial charge on any atom is -0.345 e. The van der Waals surface area contributed by atoms with E-state index in [2.05, 4.69) is 10.2 Å². The van der Waals surface area contributed by atoms with Crippen molar-refractivity contribution < 1.29 is 9.59 Å². The van der Waals surface area contributed by atoms with Crippen LogP contribution in [0.3, 0.4) is 0 Å². The fourth-order valence-electron chi connectivity index (χ4n) is 2.88. The summed E-state index contributed by atoms with van der Waals surface area (Å²) in [6.07, 6.45) is 4.13. The van der Waals surface area contributed by atoms with Crippen molar-refractivity contribution in [3.63, 3.8) is 0 Å². The first kappa shape index (κ1) is 11.1. The number of nitrogens with zero attached hydrogens (tertiary/aromatic N) is 1. The molecule has 92 valence electrons. The molecule has 3 aliphatic heterocycles. The molecule has 0 aromatic heterocycles. The Morgan fingerprint density at radius 3 is 3.00 bits per heavy atom. The van der Waals surface area contributed by atoms with Gasteiger partial charge in [0.25, 0.3) is 5.91 Å². The zero-order chi connectivity index (χ0) is 12.0. The highest BCUT2D eigenvalue weighted by Crippen LogP contribution is 2.44. The zero-order valence-electron chi connectivity index (χ0n) is 9.86. The van der Waals surface area contributed by atoms with Crippen LogP contribution in [0.1, 0.15) is 32.6 Å². The highest BCUT2D eigenvalue weighted by Gasteiger charge is 2.45. The van der Waals surface area contributed by atoms with E-state index in [0.717, 1.165) is 42.8 Å². The minimum atomic E-state index is -0.196. The molecule has 0 aromatic rings. The monoisotopic (exact) mass is 252 g/mol. The van der Waals surface area contributed by atoms with Gasteiger partial charge < -0.3 is 10.2 Å². The number of hydrogen-bond acceptors (Lipinski definition) is 4. The number of nitrogens with one attached hydrogen (secondary N) is 1. The van der Waals surface area contributed by atoms with E-state index in [1.165, 1.54) is 11.8 Å². The maximum absolute atomic E-state index is 12.1. The lowest BCUT2D eigenvalue weighted by molar-refractivity contribution is -0.123. The van der Waals surface area contributed by atoms with Gasteiger partial charge in [-0.3, -0.25) is 9.59 Å². The van der Waals surface area contributed by atoms with Gasteiger partial charge in [-0.1, -0.05) is 6.92 Å². The number of amides is 1. The molecule has 2 unspecified atom stereocenters. The molecule has 3 rings (SSSR count). The van der Waals surface area contributed by atoms with Gasteiger partial charge >= 0.3 is 0 Å². The van der Waals surface area contributed by atoms with Crippen molar-refractivity contribution >= 4 is 22.8 Å². The fraction of sp³-hybridized carbons (Fsp3) is 0.667. The third-order valence-electron chi connectivity index (χ3n) is 3.77. The van der Waals surface area contributed by atoms with Crippen LogP contribution in [0.4, 0.5) is 0 Å². The van der Waals surface area contributed by atoms with E-state index in [9.17, 15) is 9.59 Å². The first-order chi connectivity index (χ1) is 8.22. The van der Waals surface area contributed by atoms with E-state index in [0.29, 0.717) is 0 Å². The molecule has 4 nitrogen and oxygen atoms in total. The van der Waals surface area contributed by atoms with E-state index >= 15 is 0 Å². The third-order valence-corrected chi connectivity index (χ3v) is 4.91. The molecule has 0 spiro atoms. The maximum atomic E-state index is 12.1. The lowest BCUT2D eigenvalue weighted by Gasteiger charge is -2.41. The van der Waals surface area contributed by atoms with Gasteiger partial charge in [0.15, 0.2) is 0 Å². The predicted molar refractivity (Wildman–Crippen MR) is 65.9 cm³/mol. The summed E-state index contributed by atoms with van der Waals surface area (Å²) < 4.78 is 0. The minimum absolute atomic E-state index is 0.0200. The van der Waals surface area contributed by atoms with Crippen molar-refractivity contribution in [1.82, 2.24) is 10.2 Å². The second-order valence-electron chi connectivity index (χ2n) is 4.78. The maximum Gasteiger partial charge on any atom is 0.252 e. The molecule has 3 heterocycles. The van der Waals surface area contributed by atoms with Gasteiger partial charge in [0.1, 0.15) is 6.17 Å². The molecule has 0 bridgehead atoms. The van der Waals surface area contributed by atoms with Gasteiger partial charge in [0.2, 0.25) is 5.12 Å². The van der Waals surface area contributed by atoms with Crippen LogP contribution in [-0.4, -0.2) is 28.6 Å². The summed E-state index contributed by atoms with van der Waals surface area (Å²) in [5.74, 6) is -0.216. The van der Waals surface area contributed by atoms with Crippen LogP contribution in [0.2, 0.25) is 0 Å². The second-order valence-corrected chi connectivity index (χ2v) is 5.77. The van der Waals surface area contributed by atoms with Crippen LogP contribution < -0.4 is 5.32 Å². The predicted octanol–water partition coefficient (Wildman–Crippen LogP) is 1.44. The van der Waals surface area contributed by atoms with Crippen molar-refractivity contribution in [2.75, 3.05) is 6.54 Å². The Hall–Kier alpha value is -0.970. The summed E-state index contributed by atoms with van der Waals surface area (Å²) in [5.41, 5.74) is 0.723. The van der Waals surface area contributed by atoms with E-state index in [1.807, 2.05) is 6.92 Å². The van der Waals surface area contributed by atoms with Crippen LogP contribution in [0.25, 0.3) is 0 Å². The molecular formula is C12H16N2O2S. The Bertz CT molecular complexity index is 419. The van der Waals surface area contributed by atoms with Gasteiger partial charge in [-0.15, -0.1) is 0 Å². The molecule has 5 heteroatoms. The average Bonchev–Trinajstić information content (AvgIpc) is 2.66. The van der Waals surface area contributed by atoms with Crippen molar-refractivity contribution in [1.29, 1.82) is 0 Å². The second kappa shape index (κ2) is 4.05. The summed E-state index contributed by atoms with van der Waals surface area (Å²) >= 11 is 1.28. The van der Waals surface area contributed by atoms with Crippen molar-refractivity contribution in [2.24, 2.45) is 5.92 Å². The highest BCUT2D eigenvalue weighted by atomic mass is 32.2. The molecule has 0 radical (unpaired) electrons. The average molecular weight is 252 g/mol. The third kappa shape index (κ3) is 1.59. The summed E-state index contributed by atoms with van der Waals surface area (Å²) in [7, 11) is 0. The first-order valence-corrected chi connectivity index (χ1v) is 7.07. The summed E-state index contributed by atoms with van der Waals surface area (Å²) in [5, 5.41) is 4.12. The summed E-state index contributed by atoms with van der Waals surface area (Å²) in [4.78, 5) is 26.2. The van der Waals surface area contributed by atoms with Gasteiger partial charge in [-0.25, -0.2) is 0 Å². The Morgan fingerprint density at radius 1 is 1.41 bits per heavy atom. The number of carbonyl (C=O) groups is 2. The Labute approximate surface area is 105 Å². The van der Waals surface area contributed by atoms with Gasteiger partial charge in [-0.05, 0) is 37.4 Å². The van der Waals surface area contributed by atoms with E-state index in [1.54, 1.807) is 0 Å². The number of rotatable bonds is 1. The zero-order valence-corrected chi connectivity index (χ0v) is 10.7. The lowest BCUT2D eigenvalue weighted by atomic mass is 9.95. The van der Waals surface area contributed by atoms with Gasteiger partial charge in [0, 0.05) is 6.54 Å². The molecule has 1 fully saturated rings. The highest BCUT2D eigenvalue weighted by molar-refractivity contribution is 8.17. The van der Waals surface area contributed by atoms with E-state index < -0.39 is 0 Å². The smallest absolute Gasteiger partial charge is 0.252 e. The van der Waals surface area contributed by atoms with Crippen molar-refractivity contribution in [2.45, 2.75) is 38.8 Å². The lowest BCUT2D eigenvalue weighted by Crippen LogP contribution is -2.54. The SMILES string of the molecule is CCC1C(=O)SC2=C1C(=O)NC1CCCCN21. The Kier molecular flexibility index (Phi) is 2.65. The van der Waals surface area contributed by atoms with E-state index in [4.69, 9.17) is 0 Å². The molecule has 0 saturated carbocycles. The molecule has 17 heavy (non-hydrogen) atoms. The molecule has 1 saturated heterocycles. The summed E-state index contributed by atoms with van der Waals surface area (Å²) in [6.45, 7) is 2.93. The molecule has 3 aliphatic rings. The van der Waals surface area contributed by atoms with Crippen molar-refractivity contribution in [3.05, 3.63) is 10.6 Å². The quantitative estimate of drug-likeness (QED) is 0.767. The number of piperidine rings is 1. The number of thioether (sulfide) groups is 1. The van der Waals surface area contributed by atoms with Crippen LogP contribution in [-0.2, 0) is 9.59 Å². The Morgan fingerprint density at radius 2 is 2.24 bits per heavy atom. The number of hydrogen-bond donors (Lipinski definition) is 1. The van der Waals surface area contributed by atoms with E-state index in [-0.39, 0.29) is 23.1 Å². The number of carbonyl (C=O) groups excluding carboxylic acids is 2. The summed E-state index contributed by atoms with van der Waals surface area (Å²) in [6, 6.07) is 0. The first-order valence-electron chi connectivity index (χ1n) is 6.25. The molecule has 1 N–H and O–H groups in total. The molecule has 0 aliphatic carbocycles. The molecule has 0 aromatic carbocycles. The van der Waals surface area contributed by atoms with Crippen LogP contribution in [0.5, 0.6) is 0 Å². The standard InChI is InChI=1S/C12H16N2O2S/c1-2-7-9-10(15)13-8-5-3-4-6-14(8)11(9)17-12(7)16/h7-8H,2-6H2,1H3,(H,13,15). The topological polar surface area (TPSA) is 49.4 Å². The normalized spacial score (nSPS) is 32.4. The van der Waals surface area contributed by atoms with Crippen LogP contribution >= 0.6 is 11.8 Å². The van der Waals surface area contributed by atoms with Crippen molar-refractivity contribution in [3.8, 4) is 0 Å². The molecule has 1 amide bonds.